The van der Waals surface area contributed by atoms with Crippen LogP contribution < -0.4 is 4.90 Å². The number of aromatic nitrogens is 4. The summed E-state index contributed by atoms with van der Waals surface area (Å²) >= 11 is 0. The van der Waals surface area contributed by atoms with E-state index in [1.54, 1.807) is 12.4 Å². The average molecular weight is 387 g/mol. The van der Waals surface area contributed by atoms with Gasteiger partial charge in [0, 0.05) is 56.1 Å². The first-order chi connectivity index (χ1) is 14.3. The van der Waals surface area contributed by atoms with Crippen molar-refractivity contribution in [2.24, 2.45) is 5.41 Å². The molecule has 2 aliphatic heterocycles. The van der Waals surface area contributed by atoms with Crippen molar-refractivity contribution >= 4 is 16.9 Å². The predicted molar refractivity (Wildman–Crippen MR) is 113 cm³/mol. The van der Waals surface area contributed by atoms with Crippen LogP contribution in [0.4, 0.5) is 5.82 Å². The van der Waals surface area contributed by atoms with E-state index in [0.717, 1.165) is 43.0 Å². The van der Waals surface area contributed by atoms with Crippen molar-refractivity contribution in [1.82, 2.24) is 24.8 Å². The molecule has 1 atom stereocenters. The number of hydrogen-bond donors (Lipinski definition) is 0. The minimum absolute atomic E-state index is 0.397. The maximum atomic E-state index is 4.92. The molecular formula is C23H26N6. The van der Waals surface area contributed by atoms with E-state index in [9.17, 15) is 0 Å². The topological polar surface area (TPSA) is 58.0 Å². The van der Waals surface area contributed by atoms with Crippen molar-refractivity contribution in [1.29, 1.82) is 0 Å². The Balaban J connectivity index is 1.13. The Bertz CT molecular complexity index is 1050. The van der Waals surface area contributed by atoms with Crippen LogP contribution in [0.15, 0.2) is 43.0 Å². The lowest BCUT2D eigenvalue weighted by atomic mass is 9.86. The first kappa shape index (κ1) is 17.3. The van der Waals surface area contributed by atoms with Gasteiger partial charge in [0.1, 0.15) is 5.82 Å². The van der Waals surface area contributed by atoms with Crippen LogP contribution >= 0.6 is 0 Å². The Labute approximate surface area is 171 Å². The third kappa shape index (κ3) is 3.35. The lowest BCUT2D eigenvalue weighted by Crippen LogP contribution is -2.31. The first-order valence-electron chi connectivity index (χ1n) is 10.8. The van der Waals surface area contributed by atoms with Gasteiger partial charge in [-0.05, 0) is 49.9 Å². The van der Waals surface area contributed by atoms with Crippen LogP contribution in [0.25, 0.3) is 11.0 Å². The van der Waals surface area contributed by atoms with Crippen LogP contribution in [-0.2, 0) is 6.54 Å². The average Bonchev–Trinajstić information content (AvgIpc) is 3.43. The van der Waals surface area contributed by atoms with Gasteiger partial charge in [-0.2, -0.15) is 0 Å². The zero-order valence-corrected chi connectivity index (χ0v) is 16.7. The minimum Gasteiger partial charge on any atom is -0.355 e. The van der Waals surface area contributed by atoms with Crippen LogP contribution in [0.2, 0.25) is 0 Å². The molecule has 1 unspecified atom stereocenters. The maximum absolute atomic E-state index is 4.92. The van der Waals surface area contributed by atoms with Crippen molar-refractivity contribution in [2.45, 2.75) is 38.1 Å². The summed E-state index contributed by atoms with van der Waals surface area (Å²) in [6.07, 6.45) is 12.5. The highest BCUT2D eigenvalue weighted by molar-refractivity contribution is 5.74. The zero-order valence-electron chi connectivity index (χ0n) is 16.7. The largest absolute Gasteiger partial charge is 0.355 e. The van der Waals surface area contributed by atoms with Gasteiger partial charge in [-0.1, -0.05) is 6.07 Å². The second-order valence-corrected chi connectivity index (χ2v) is 9.09. The van der Waals surface area contributed by atoms with Gasteiger partial charge in [0.25, 0.3) is 0 Å². The molecule has 0 N–H and O–H groups in total. The van der Waals surface area contributed by atoms with E-state index in [2.05, 4.69) is 43.0 Å². The summed E-state index contributed by atoms with van der Waals surface area (Å²) in [5.74, 6) is 1.74. The van der Waals surface area contributed by atoms with E-state index >= 15 is 0 Å². The number of anilines is 1. The molecule has 0 bridgehead atoms. The number of likely N-dealkylation sites (tertiary alicyclic amines) is 1. The molecular weight excluding hydrogens is 360 g/mol. The number of hydrogen-bond acceptors (Lipinski definition) is 6. The van der Waals surface area contributed by atoms with Crippen LogP contribution in [0.1, 0.15) is 42.9 Å². The van der Waals surface area contributed by atoms with E-state index in [0.29, 0.717) is 11.3 Å². The molecule has 1 spiro atoms. The molecule has 1 aliphatic carbocycles. The molecule has 3 aromatic rings. The molecule has 2 aromatic heterocycles. The fourth-order valence-electron chi connectivity index (χ4n) is 5.09. The molecule has 6 nitrogen and oxygen atoms in total. The van der Waals surface area contributed by atoms with Gasteiger partial charge in [0.05, 0.1) is 22.9 Å². The monoisotopic (exact) mass is 386 g/mol. The molecule has 6 heteroatoms. The molecule has 0 amide bonds. The van der Waals surface area contributed by atoms with Gasteiger partial charge in [-0.3, -0.25) is 19.9 Å². The zero-order chi connectivity index (χ0) is 19.3. The van der Waals surface area contributed by atoms with Gasteiger partial charge in [0.15, 0.2) is 0 Å². The Morgan fingerprint density at radius 3 is 2.72 bits per heavy atom. The Morgan fingerprint density at radius 2 is 1.83 bits per heavy atom. The molecule has 3 fully saturated rings. The number of benzene rings is 1. The minimum atomic E-state index is 0.397. The lowest BCUT2D eigenvalue weighted by Gasteiger charge is -2.25. The van der Waals surface area contributed by atoms with E-state index < -0.39 is 0 Å². The Hall–Kier alpha value is -2.60. The highest BCUT2D eigenvalue weighted by Gasteiger charge is 2.43. The standard InChI is InChI=1S/C23H26N6/c1-4-19-20(26-8-7-25-19)11-17(1)14-28-9-5-23(15-28)6-10-29(16-23)22-13-24-12-21(27-22)18-2-3-18/h1,4,7-8,11-13,18H,2-3,5-6,9-10,14-16H2. The van der Waals surface area contributed by atoms with Crippen molar-refractivity contribution in [3.05, 3.63) is 54.2 Å². The van der Waals surface area contributed by atoms with Crippen LogP contribution in [0.3, 0.4) is 0 Å². The fourth-order valence-corrected chi connectivity index (χ4v) is 5.09. The highest BCUT2D eigenvalue weighted by Crippen LogP contribution is 2.42. The number of fused-ring (bicyclic) bond motifs is 1. The summed E-state index contributed by atoms with van der Waals surface area (Å²) in [6.45, 7) is 5.53. The van der Waals surface area contributed by atoms with Crippen LogP contribution in [-0.4, -0.2) is 51.0 Å². The van der Waals surface area contributed by atoms with Crippen molar-refractivity contribution in [3.63, 3.8) is 0 Å². The molecule has 2 saturated heterocycles. The summed E-state index contributed by atoms with van der Waals surface area (Å²) in [5.41, 5.74) is 4.87. The molecule has 1 saturated carbocycles. The summed E-state index contributed by atoms with van der Waals surface area (Å²) in [5, 5.41) is 0. The lowest BCUT2D eigenvalue weighted by molar-refractivity contribution is 0.270. The van der Waals surface area contributed by atoms with Crippen molar-refractivity contribution in [3.8, 4) is 0 Å². The fraction of sp³-hybridized carbons (Fsp3) is 0.478. The summed E-state index contributed by atoms with van der Waals surface area (Å²) in [4.78, 5) is 23.3. The van der Waals surface area contributed by atoms with E-state index in [4.69, 9.17) is 4.98 Å². The van der Waals surface area contributed by atoms with Gasteiger partial charge in [-0.25, -0.2) is 4.98 Å². The SMILES string of the molecule is c1cnc2cc(CN3CCC4(CCN(c5cncc(C6CC6)n5)C4)C3)ccc2n1. The first-order valence-corrected chi connectivity index (χ1v) is 10.8. The smallest absolute Gasteiger partial charge is 0.147 e. The quantitative estimate of drug-likeness (QED) is 0.685. The van der Waals surface area contributed by atoms with Crippen molar-refractivity contribution in [2.75, 3.05) is 31.1 Å². The summed E-state index contributed by atoms with van der Waals surface area (Å²) < 4.78 is 0. The maximum Gasteiger partial charge on any atom is 0.147 e. The third-order valence-corrected chi connectivity index (χ3v) is 6.86. The van der Waals surface area contributed by atoms with E-state index in [1.807, 2.05) is 12.4 Å². The molecule has 29 heavy (non-hydrogen) atoms. The van der Waals surface area contributed by atoms with E-state index in [1.165, 1.54) is 43.5 Å². The van der Waals surface area contributed by atoms with Gasteiger partial charge in [0.2, 0.25) is 0 Å². The molecule has 3 aliphatic rings. The van der Waals surface area contributed by atoms with Gasteiger partial charge >= 0.3 is 0 Å². The van der Waals surface area contributed by atoms with Crippen molar-refractivity contribution < 1.29 is 0 Å². The van der Waals surface area contributed by atoms with Crippen LogP contribution in [0, 0.1) is 5.41 Å². The third-order valence-electron chi connectivity index (χ3n) is 6.86. The van der Waals surface area contributed by atoms with E-state index in [-0.39, 0.29) is 0 Å². The molecule has 0 radical (unpaired) electrons. The predicted octanol–water partition coefficient (Wildman–Crippen LogP) is 3.40. The highest BCUT2D eigenvalue weighted by atomic mass is 15.3. The number of rotatable bonds is 4. The molecule has 4 heterocycles. The Morgan fingerprint density at radius 1 is 0.966 bits per heavy atom. The summed E-state index contributed by atoms with van der Waals surface area (Å²) in [6, 6.07) is 6.47. The molecule has 1 aromatic carbocycles. The Kier molecular flexibility index (Phi) is 4.01. The van der Waals surface area contributed by atoms with Gasteiger partial charge in [-0.15, -0.1) is 0 Å². The second kappa shape index (κ2) is 6.73. The molecule has 148 valence electrons. The summed E-state index contributed by atoms with van der Waals surface area (Å²) in [7, 11) is 0. The normalized spacial score (nSPS) is 24.8. The second-order valence-electron chi connectivity index (χ2n) is 9.09. The number of nitrogens with zero attached hydrogens (tertiary/aromatic N) is 6. The van der Waals surface area contributed by atoms with Crippen LogP contribution in [0.5, 0.6) is 0 Å². The molecule has 6 rings (SSSR count). The van der Waals surface area contributed by atoms with Gasteiger partial charge < -0.3 is 4.90 Å².